The molecule has 2 aromatic carbocycles. The maximum absolute atomic E-state index is 12.5. The van der Waals surface area contributed by atoms with Crippen molar-refractivity contribution in [3.8, 4) is 16.8 Å². The number of amides is 1. The third-order valence-corrected chi connectivity index (χ3v) is 6.53. The molecule has 0 bridgehead atoms. The van der Waals surface area contributed by atoms with Crippen molar-refractivity contribution in [2.45, 2.75) is 25.7 Å². The number of aromatic nitrogens is 4. The fourth-order valence-electron chi connectivity index (χ4n) is 4.62. The lowest BCUT2D eigenvalue weighted by Crippen LogP contribution is -2.30. The van der Waals surface area contributed by atoms with Crippen LogP contribution in [0.15, 0.2) is 58.1 Å². The predicted octanol–water partition coefficient (Wildman–Crippen LogP) is 3.17. The summed E-state index contributed by atoms with van der Waals surface area (Å²) < 4.78 is 6.95. The highest BCUT2D eigenvalue weighted by Gasteiger charge is 2.36. The fraction of sp³-hybridized carbons (Fsp3) is 0.333. The van der Waals surface area contributed by atoms with Crippen LogP contribution in [0.25, 0.3) is 27.9 Å². The van der Waals surface area contributed by atoms with Gasteiger partial charge in [0.05, 0.1) is 5.69 Å². The van der Waals surface area contributed by atoms with Crippen LogP contribution in [0.5, 0.6) is 0 Å². The Morgan fingerprint density at radius 2 is 1.91 bits per heavy atom. The molecule has 2 aromatic heterocycles. The van der Waals surface area contributed by atoms with E-state index in [2.05, 4.69) is 15.2 Å². The number of fused-ring (bicyclic) bond motifs is 1. The molecule has 3 heterocycles. The number of benzene rings is 2. The van der Waals surface area contributed by atoms with Gasteiger partial charge in [0.1, 0.15) is 11.3 Å². The molecule has 1 aliphatic carbocycles. The summed E-state index contributed by atoms with van der Waals surface area (Å²) in [7, 11) is 0. The number of rotatable bonds is 5. The van der Waals surface area contributed by atoms with Crippen molar-refractivity contribution in [1.82, 2.24) is 24.6 Å². The first-order valence-electron chi connectivity index (χ1n) is 11.0. The van der Waals surface area contributed by atoms with Crippen LogP contribution >= 0.6 is 0 Å². The lowest BCUT2D eigenvalue weighted by Gasteiger charge is -2.16. The molecule has 0 spiro atoms. The molecule has 2 fully saturated rings. The molecule has 162 valence electrons. The summed E-state index contributed by atoms with van der Waals surface area (Å²) in [6.07, 6.45) is 5.11. The zero-order chi connectivity index (χ0) is 21.7. The van der Waals surface area contributed by atoms with Gasteiger partial charge < -0.3 is 9.32 Å². The van der Waals surface area contributed by atoms with Crippen molar-refractivity contribution in [2.24, 2.45) is 11.8 Å². The summed E-state index contributed by atoms with van der Waals surface area (Å²) in [5, 5.41) is 6.88. The van der Waals surface area contributed by atoms with Gasteiger partial charge in [-0.25, -0.2) is 19.4 Å². The molecular formula is C24H23N5O3. The van der Waals surface area contributed by atoms with Crippen LogP contribution < -0.4 is 5.69 Å². The van der Waals surface area contributed by atoms with Crippen LogP contribution in [0.1, 0.15) is 25.1 Å². The second-order valence-electron chi connectivity index (χ2n) is 8.78. The van der Waals surface area contributed by atoms with Crippen LogP contribution in [0.2, 0.25) is 0 Å². The Labute approximate surface area is 183 Å². The van der Waals surface area contributed by atoms with Crippen molar-refractivity contribution in [1.29, 1.82) is 0 Å². The Hall–Kier alpha value is -3.68. The van der Waals surface area contributed by atoms with Crippen molar-refractivity contribution >= 4 is 17.0 Å². The van der Waals surface area contributed by atoms with Gasteiger partial charge in [-0.15, -0.1) is 0 Å². The zero-order valence-electron chi connectivity index (χ0n) is 17.5. The van der Waals surface area contributed by atoms with Crippen LogP contribution in [0.4, 0.5) is 0 Å². The van der Waals surface area contributed by atoms with Crippen LogP contribution in [-0.2, 0) is 11.2 Å². The maximum Gasteiger partial charge on any atom is 0.347 e. The third kappa shape index (κ3) is 3.41. The smallest absolute Gasteiger partial charge is 0.347 e. The molecular weight excluding hydrogens is 406 g/mol. The van der Waals surface area contributed by atoms with E-state index >= 15 is 0 Å². The van der Waals surface area contributed by atoms with Gasteiger partial charge in [-0.2, -0.15) is 5.10 Å². The molecule has 2 aliphatic rings. The average molecular weight is 429 g/mol. The number of likely N-dealkylation sites (tertiary alicyclic amines) is 1. The lowest BCUT2D eigenvalue weighted by molar-refractivity contribution is -0.131. The normalized spacial score (nSPS) is 18.5. The highest BCUT2D eigenvalue weighted by Crippen LogP contribution is 2.33. The van der Waals surface area contributed by atoms with Crippen molar-refractivity contribution in [3.05, 3.63) is 65.2 Å². The van der Waals surface area contributed by atoms with E-state index in [0.29, 0.717) is 24.1 Å². The molecule has 1 atom stereocenters. The van der Waals surface area contributed by atoms with Crippen molar-refractivity contribution in [3.63, 3.8) is 0 Å². The van der Waals surface area contributed by atoms with E-state index in [1.165, 1.54) is 6.39 Å². The summed E-state index contributed by atoms with van der Waals surface area (Å²) in [6.45, 7) is 1.55. The molecule has 1 saturated heterocycles. The van der Waals surface area contributed by atoms with Gasteiger partial charge in [0, 0.05) is 25.4 Å². The number of carbonyl (C=O) groups excluding carboxylic acids is 1. The molecule has 0 radical (unpaired) electrons. The fourth-order valence-corrected chi connectivity index (χ4v) is 4.62. The van der Waals surface area contributed by atoms with Crippen LogP contribution in [-0.4, -0.2) is 43.6 Å². The number of aromatic amines is 1. The summed E-state index contributed by atoms with van der Waals surface area (Å²) in [6, 6.07) is 13.7. The highest BCUT2D eigenvalue weighted by atomic mass is 16.3. The molecule has 1 N–H and O–H groups in total. The summed E-state index contributed by atoms with van der Waals surface area (Å²) in [4.78, 5) is 31.1. The average Bonchev–Trinajstić information content (AvgIpc) is 3.20. The number of hydrogen-bond acceptors (Lipinski definition) is 5. The van der Waals surface area contributed by atoms with Gasteiger partial charge in [-0.3, -0.25) is 4.79 Å². The van der Waals surface area contributed by atoms with E-state index in [0.717, 1.165) is 60.3 Å². The molecule has 4 aromatic rings. The molecule has 6 rings (SSSR count). The van der Waals surface area contributed by atoms with Gasteiger partial charge in [0.2, 0.25) is 5.91 Å². The van der Waals surface area contributed by atoms with E-state index in [1.54, 1.807) is 4.57 Å². The second-order valence-corrected chi connectivity index (χ2v) is 8.78. The minimum Gasteiger partial charge on any atom is -0.443 e. The minimum absolute atomic E-state index is 0.249. The van der Waals surface area contributed by atoms with Crippen LogP contribution in [0.3, 0.4) is 0 Å². The minimum atomic E-state index is -0.249. The number of carbonyl (C=O) groups is 1. The summed E-state index contributed by atoms with van der Waals surface area (Å²) in [5.41, 5.74) is 4.15. The number of H-pyrrole nitrogens is 1. The first-order valence-corrected chi connectivity index (χ1v) is 11.0. The van der Waals surface area contributed by atoms with E-state index in [-0.39, 0.29) is 11.6 Å². The second kappa shape index (κ2) is 7.47. The highest BCUT2D eigenvalue weighted by molar-refractivity contribution is 5.81. The summed E-state index contributed by atoms with van der Waals surface area (Å²) in [5.74, 6) is 1.57. The molecule has 8 nitrogen and oxygen atoms in total. The molecule has 32 heavy (non-hydrogen) atoms. The first kappa shape index (κ1) is 19.0. The van der Waals surface area contributed by atoms with E-state index < -0.39 is 0 Å². The van der Waals surface area contributed by atoms with E-state index in [9.17, 15) is 9.59 Å². The Morgan fingerprint density at radius 3 is 2.72 bits per heavy atom. The van der Waals surface area contributed by atoms with Crippen LogP contribution in [0, 0.1) is 11.8 Å². The molecule has 1 unspecified atom stereocenters. The van der Waals surface area contributed by atoms with Gasteiger partial charge in [-0.05, 0) is 60.6 Å². The number of hydrogen-bond donors (Lipinski definition) is 1. The van der Waals surface area contributed by atoms with Gasteiger partial charge in [0.15, 0.2) is 12.0 Å². The Balaban J connectivity index is 1.22. The van der Waals surface area contributed by atoms with Gasteiger partial charge in [-0.1, -0.05) is 18.2 Å². The lowest BCUT2D eigenvalue weighted by atomic mass is 10.0. The monoisotopic (exact) mass is 429 g/mol. The van der Waals surface area contributed by atoms with E-state index in [4.69, 9.17) is 4.42 Å². The number of oxazole rings is 1. The van der Waals surface area contributed by atoms with Crippen molar-refractivity contribution in [2.75, 3.05) is 13.1 Å². The zero-order valence-corrected chi connectivity index (χ0v) is 17.5. The summed E-state index contributed by atoms with van der Waals surface area (Å²) >= 11 is 0. The molecule has 8 heteroatoms. The quantitative estimate of drug-likeness (QED) is 0.526. The third-order valence-electron chi connectivity index (χ3n) is 6.53. The standard InChI is InChI=1S/C24H23N5O3/c30-23(17-1-2-17)28-10-9-15(13-28)11-22-26-27-24(31)29(22)19-6-3-16(4-7-19)18-5-8-21-20(12-18)25-14-32-21/h3-8,12,14-15,17H,1-2,9-11,13H2,(H,27,31). The topological polar surface area (TPSA) is 97.0 Å². The molecule has 1 aliphatic heterocycles. The Kier molecular flexibility index (Phi) is 4.45. The molecule has 1 saturated carbocycles. The van der Waals surface area contributed by atoms with Gasteiger partial charge in [0.25, 0.3) is 0 Å². The number of nitrogens with one attached hydrogen (secondary N) is 1. The SMILES string of the molecule is O=C(C1CC1)N1CCC(Cc2n[nH]c(=O)n2-c2ccc(-c3ccc4ocnc4c3)cc2)C1. The first-order chi connectivity index (χ1) is 15.7. The van der Waals surface area contributed by atoms with E-state index in [1.807, 2.05) is 47.4 Å². The maximum atomic E-state index is 12.5. The largest absolute Gasteiger partial charge is 0.443 e. The molecule has 1 amide bonds. The number of nitrogens with zero attached hydrogens (tertiary/aromatic N) is 4. The Morgan fingerprint density at radius 1 is 1.09 bits per heavy atom. The predicted molar refractivity (Wildman–Crippen MR) is 118 cm³/mol. The van der Waals surface area contributed by atoms with Gasteiger partial charge >= 0.3 is 5.69 Å². The van der Waals surface area contributed by atoms with Crippen molar-refractivity contribution < 1.29 is 9.21 Å². The Bertz CT molecular complexity index is 1350.